The largest absolute Gasteiger partial charge is 0.356 e. The van der Waals surface area contributed by atoms with Crippen molar-refractivity contribution in [1.29, 1.82) is 0 Å². The van der Waals surface area contributed by atoms with Gasteiger partial charge in [0.25, 0.3) is 0 Å². The van der Waals surface area contributed by atoms with Crippen LogP contribution in [0.2, 0.25) is 4.47 Å². The SMILES string of the molecule is Clc1nnc(NCc2ccccc2)s1. The topological polar surface area (TPSA) is 37.8 Å². The first-order valence-corrected chi connectivity index (χ1v) is 5.31. The van der Waals surface area contributed by atoms with Crippen molar-refractivity contribution in [3.8, 4) is 0 Å². The van der Waals surface area contributed by atoms with Crippen LogP contribution in [0.15, 0.2) is 30.3 Å². The molecule has 5 heteroatoms. The van der Waals surface area contributed by atoms with Gasteiger partial charge in [0, 0.05) is 6.54 Å². The Morgan fingerprint density at radius 2 is 2.00 bits per heavy atom. The van der Waals surface area contributed by atoms with Crippen LogP contribution < -0.4 is 5.32 Å². The average Bonchev–Trinajstić information content (AvgIpc) is 2.63. The van der Waals surface area contributed by atoms with Crippen LogP contribution in [0.3, 0.4) is 0 Å². The summed E-state index contributed by atoms with van der Waals surface area (Å²) in [6.45, 7) is 0.742. The Kier molecular flexibility index (Phi) is 2.96. The number of aromatic nitrogens is 2. The van der Waals surface area contributed by atoms with Crippen molar-refractivity contribution in [2.45, 2.75) is 6.54 Å². The van der Waals surface area contributed by atoms with E-state index in [-0.39, 0.29) is 0 Å². The number of nitrogens with zero attached hydrogens (tertiary/aromatic N) is 2. The molecule has 0 aliphatic heterocycles. The van der Waals surface area contributed by atoms with Gasteiger partial charge in [-0.25, -0.2) is 0 Å². The summed E-state index contributed by atoms with van der Waals surface area (Å²) in [4.78, 5) is 0. The molecule has 0 fully saturated rings. The van der Waals surface area contributed by atoms with E-state index in [0.717, 1.165) is 11.7 Å². The fourth-order valence-electron chi connectivity index (χ4n) is 1.05. The number of rotatable bonds is 3. The van der Waals surface area contributed by atoms with Crippen molar-refractivity contribution in [3.05, 3.63) is 40.4 Å². The standard InChI is InChI=1S/C9H8ClN3S/c10-8-12-13-9(14-8)11-6-7-4-2-1-3-5-7/h1-5H,6H2,(H,11,13). The van der Waals surface area contributed by atoms with Crippen LogP contribution in [-0.4, -0.2) is 10.2 Å². The highest BCUT2D eigenvalue weighted by Gasteiger charge is 1.99. The minimum absolute atomic E-state index is 0.459. The third kappa shape index (κ3) is 2.43. The van der Waals surface area contributed by atoms with Crippen molar-refractivity contribution < 1.29 is 0 Å². The lowest BCUT2D eigenvalue weighted by Gasteiger charge is -2.00. The highest BCUT2D eigenvalue weighted by molar-refractivity contribution is 7.18. The van der Waals surface area contributed by atoms with Gasteiger partial charge in [-0.1, -0.05) is 41.7 Å². The molecule has 0 aliphatic carbocycles. The van der Waals surface area contributed by atoms with Crippen molar-refractivity contribution in [1.82, 2.24) is 10.2 Å². The van der Waals surface area contributed by atoms with Crippen LogP contribution in [0.25, 0.3) is 0 Å². The molecule has 0 aliphatic rings. The van der Waals surface area contributed by atoms with E-state index in [4.69, 9.17) is 11.6 Å². The quantitative estimate of drug-likeness (QED) is 0.873. The molecule has 2 aromatic rings. The Labute approximate surface area is 90.8 Å². The van der Waals surface area contributed by atoms with E-state index in [1.165, 1.54) is 16.9 Å². The van der Waals surface area contributed by atoms with Crippen LogP contribution in [-0.2, 0) is 6.54 Å². The van der Waals surface area contributed by atoms with E-state index in [2.05, 4.69) is 27.6 Å². The smallest absolute Gasteiger partial charge is 0.208 e. The second kappa shape index (κ2) is 4.39. The summed E-state index contributed by atoms with van der Waals surface area (Å²) in [5, 5.41) is 11.4. The Morgan fingerprint density at radius 3 is 2.64 bits per heavy atom. The Balaban J connectivity index is 1.95. The fraction of sp³-hybridized carbons (Fsp3) is 0.111. The Morgan fingerprint density at radius 1 is 1.21 bits per heavy atom. The summed E-state index contributed by atoms with van der Waals surface area (Å²) in [5.41, 5.74) is 1.21. The number of hydrogen-bond donors (Lipinski definition) is 1. The van der Waals surface area contributed by atoms with E-state index in [1.54, 1.807) is 0 Å². The minimum atomic E-state index is 0.459. The van der Waals surface area contributed by atoms with Crippen molar-refractivity contribution in [3.63, 3.8) is 0 Å². The lowest BCUT2D eigenvalue weighted by atomic mass is 10.2. The fourth-order valence-corrected chi connectivity index (χ4v) is 1.77. The minimum Gasteiger partial charge on any atom is -0.356 e. The molecular weight excluding hydrogens is 218 g/mol. The number of hydrogen-bond acceptors (Lipinski definition) is 4. The Bertz CT molecular complexity index is 401. The van der Waals surface area contributed by atoms with Crippen LogP contribution in [0.4, 0.5) is 5.13 Å². The third-order valence-corrected chi connectivity index (χ3v) is 2.66. The molecule has 0 saturated carbocycles. The third-order valence-electron chi connectivity index (χ3n) is 1.69. The maximum Gasteiger partial charge on any atom is 0.208 e. The number of halogens is 1. The summed E-state index contributed by atoms with van der Waals surface area (Å²) >= 11 is 6.99. The normalized spacial score (nSPS) is 10.1. The van der Waals surface area contributed by atoms with Crippen LogP contribution in [0.5, 0.6) is 0 Å². The van der Waals surface area contributed by atoms with Crippen LogP contribution >= 0.6 is 22.9 Å². The zero-order valence-electron chi connectivity index (χ0n) is 7.27. The lowest BCUT2D eigenvalue weighted by Crippen LogP contribution is -1.98. The summed E-state index contributed by atoms with van der Waals surface area (Å²) in [6.07, 6.45) is 0. The summed E-state index contributed by atoms with van der Waals surface area (Å²) < 4.78 is 0.459. The molecule has 0 spiro atoms. The van der Waals surface area contributed by atoms with E-state index in [0.29, 0.717) is 4.47 Å². The number of nitrogens with one attached hydrogen (secondary N) is 1. The van der Waals surface area contributed by atoms with Gasteiger partial charge in [0.15, 0.2) is 0 Å². The molecule has 0 unspecified atom stereocenters. The molecule has 1 aromatic heterocycles. The van der Waals surface area contributed by atoms with Crippen LogP contribution in [0, 0.1) is 0 Å². The van der Waals surface area contributed by atoms with E-state index in [9.17, 15) is 0 Å². The predicted molar refractivity (Wildman–Crippen MR) is 58.7 cm³/mol. The summed E-state index contributed by atoms with van der Waals surface area (Å²) in [6, 6.07) is 10.1. The van der Waals surface area contributed by atoms with Gasteiger partial charge in [0.1, 0.15) is 0 Å². The molecule has 14 heavy (non-hydrogen) atoms. The zero-order chi connectivity index (χ0) is 9.80. The maximum atomic E-state index is 5.65. The van der Waals surface area contributed by atoms with Gasteiger partial charge in [-0.3, -0.25) is 0 Å². The zero-order valence-corrected chi connectivity index (χ0v) is 8.85. The van der Waals surface area contributed by atoms with Gasteiger partial charge in [-0.05, 0) is 17.2 Å². The van der Waals surface area contributed by atoms with Crippen molar-refractivity contribution in [2.24, 2.45) is 0 Å². The molecule has 1 aromatic carbocycles. The molecule has 1 heterocycles. The van der Waals surface area contributed by atoms with Crippen molar-refractivity contribution in [2.75, 3.05) is 5.32 Å². The molecular formula is C9H8ClN3S. The number of anilines is 1. The first-order chi connectivity index (χ1) is 6.84. The average molecular weight is 226 g/mol. The van der Waals surface area contributed by atoms with E-state index < -0.39 is 0 Å². The molecule has 0 radical (unpaired) electrons. The highest BCUT2D eigenvalue weighted by Crippen LogP contribution is 2.19. The number of benzene rings is 1. The van der Waals surface area contributed by atoms with Crippen molar-refractivity contribution >= 4 is 28.1 Å². The maximum absolute atomic E-state index is 5.65. The molecule has 1 N–H and O–H groups in total. The monoisotopic (exact) mass is 225 g/mol. The first kappa shape index (κ1) is 9.43. The summed E-state index contributed by atoms with van der Waals surface area (Å²) in [5.74, 6) is 0. The van der Waals surface area contributed by atoms with Crippen LogP contribution in [0.1, 0.15) is 5.56 Å². The molecule has 0 atom stereocenters. The summed E-state index contributed by atoms with van der Waals surface area (Å²) in [7, 11) is 0. The second-order valence-electron chi connectivity index (χ2n) is 2.70. The highest BCUT2D eigenvalue weighted by atomic mass is 35.5. The first-order valence-electron chi connectivity index (χ1n) is 4.11. The van der Waals surface area contributed by atoms with E-state index >= 15 is 0 Å². The molecule has 0 amide bonds. The Hall–Kier alpha value is -1.13. The molecule has 2 rings (SSSR count). The second-order valence-corrected chi connectivity index (χ2v) is 4.26. The van der Waals surface area contributed by atoms with Gasteiger partial charge >= 0.3 is 0 Å². The van der Waals surface area contributed by atoms with Gasteiger partial charge < -0.3 is 5.32 Å². The predicted octanol–water partition coefficient (Wildman–Crippen LogP) is 2.80. The lowest BCUT2D eigenvalue weighted by molar-refractivity contribution is 1.05. The molecule has 0 bridgehead atoms. The molecule has 72 valence electrons. The van der Waals surface area contributed by atoms with E-state index in [1.807, 2.05) is 18.2 Å². The molecule has 3 nitrogen and oxygen atoms in total. The van der Waals surface area contributed by atoms with Gasteiger partial charge in [-0.15, -0.1) is 10.2 Å². The van der Waals surface area contributed by atoms with Gasteiger partial charge in [0.05, 0.1) is 0 Å². The van der Waals surface area contributed by atoms with Gasteiger partial charge in [0.2, 0.25) is 9.60 Å². The van der Waals surface area contributed by atoms with Gasteiger partial charge in [-0.2, -0.15) is 0 Å². The molecule has 0 saturated heterocycles.